The van der Waals surface area contributed by atoms with Crippen LogP contribution in [0.5, 0.6) is 0 Å². The molecule has 0 bridgehead atoms. The molecular weight excluding hydrogens is 555 g/mol. The van der Waals surface area contributed by atoms with Gasteiger partial charge in [-0.25, -0.2) is 0 Å². The third kappa shape index (κ3) is 6.40. The molecule has 0 radical (unpaired) electrons. The molecular formula is C34H35NO2Ru. The maximum Gasteiger partial charge on any atom is 4.00 e. The van der Waals surface area contributed by atoms with Crippen molar-refractivity contribution in [1.82, 2.24) is 5.32 Å². The number of rotatable bonds is 6. The zero-order valence-corrected chi connectivity index (χ0v) is 23.4. The van der Waals surface area contributed by atoms with Crippen LogP contribution in [0.4, 0.5) is 0 Å². The predicted octanol–water partition coefficient (Wildman–Crippen LogP) is 7.36. The molecule has 4 aromatic rings. The Morgan fingerprint density at radius 1 is 0.632 bits per heavy atom. The number of hydrogen-bond donors (Lipinski definition) is 1. The van der Waals surface area contributed by atoms with Crippen molar-refractivity contribution >= 4 is 30.3 Å². The molecule has 1 atom stereocenters. The van der Waals surface area contributed by atoms with Crippen LogP contribution in [0.1, 0.15) is 40.4 Å². The minimum atomic E-state index is -0.576. The van der Waals surface area contributed by atoms with Gasteiger partial charge in [0.1, 0.15) is 13.6 Å². The predicted molar refractivity (Wildman–Crippen MR) is 157 cm³/mol. The number of benzene rings is 4. The van der Waals surface area contributed by atoms with E-state index in [9.17, 15) is 0 Å². The summed E-state index contributed by atoms with van der Waals surface area (Å²) in [7, 11) is 0. The molecule has 3 nitrogen and oxygen atoms in total. The van der Waals surface area contributed by atoms with E-state index in [1.165, 1.54) is 33.4 Å². The van der Waals surface area contributed by atoms with E-state index in [1.807, 2.05) is 13.6 Å². The van der Waals surface area contributed by atoms with Crippen molar-refractivity contribution in [2.24, 2.45) is 0 Å². The van der Waals surface area contributed by atoms with Crippen LogP contribution in [-0.2, 0) is 34.6 Å². The quantitative estimate of drug-likeness (QED) is 0.189. The first-order valence-electron chi connectivity index (χ1n) is 12.2. The van der Waals surface area contributed by atoms with E-state index in [0.717, 1.165) is 5.57 Å². The van der Waals surface area contributed by atoms with Gasteiger partial charge in [-0.2, -0.15) is 11.6 Å². The average molecular weight is 591 g/mol. The Labute approximate surface area is 243 Å². The maximum absolute atomic E-state index is 8.00. The van der Waals surface area contributed by atoms with Gasteiger partial charge >= 0.3 is 19.5 Å². The van der Waals surface area contributed by atoms with Gasteiger partial charge in [0.2, 0.25) is 0 Å². The summed E-state index contributed by atoms with van der Waals surface area (Å²) in [6, 6.07) is 43.1. The van der Waals surface area contributed by atoms with E-state index in [2.05, 4.69) is 147 Å². The molecule has 196 valence electrons. The van der Waals surface area contributed by atoms with Gasteiger partial charge in [0.05, 0.1) is 0 Å². The van der Waals surface area contributed by atoms with Gasteiger partial charge in [-0.3, -0.25) is 0 Å². The van der Waals surface area contributed by atoms with E-state index in [1.54, 1.807) is 0 Å². The molecule has 4 aromatic carbocycles. The van der Waals surface area contributed by atoms with Crippen LogP contribution < -0.4 is 5.32 Å². The SMILES string of the molecule is C=O.C=O.CC(C)NC1(c2ccccc2)[C-]=C(c2ccccc2)C(c2ccccc2)=C1c1ccccc1.[H-].[H-].[H-].[Ru+4]. The first kappa shape index (κ1) is 30.5. The van der Waals surface area contributed by atoms with Crippen LogP contribution in [0.3, 0.4) is 0 Å². The van der Waals surface area contributed by atoms with Crippen molar-refractivity contribution in [2.75, 3.05) is 0 Å². The molecule has 1 aliphatic rings. The van der Waals surface area contributed by atoms with Gasteiger partial charge in [0, 0.05) is 11.6 Å². The molecule has 0 aromatic heterocycles. The van der Waals surface area contributed by atoms with E-state index in [-0.39, 0.29) is 29.8 Å². The average Bonchev–Trinajstić information content (AvgIpc) is 3.32. The van der Waals surface area contributed by atoms with Crippen molar-refractivity contribution in [3.05, 3.63) is 150 Å². The Bertz CT molecular complexity index is 1330. The second kappa shape index (κ2) is 14.9. The number of allylic oxidation sites excluding steroid dienone is 2. The Balaban J connectivity index is 0. The summed E-state index contributed by atoms with van der Waals surface area (Å²) < 4.78 is 0. The monoisotopic (exact) mass is 591 g/mol. The molecule has 0 amide bonds. The molecule has 1 N–H and O–H groups in total. The number of carbonyl (C=O) groups is 2. The summed E-state index contributed by atoms with van der Waals surface area (Å²) in [5.74, 6) is 0. The zero-order valence-electron chi connectivity index (χ0n) is 24.7. The molecule has 0 aliphatic heterocycles. The normalized spacial score (nSPS) is 15.8. The van der Waals surface area contributed by atoms with Crippen LogP contribution >= 0.6 is 0 Å². The molecule has 1 aliphatic carbocycles. The molecule has 0 heterocycles. The Kier molecular flexibility index (Phi) is 11.9. The number of hydrogen-bond acceptors (Lipinski definition) is 3. The molecule has 5 rings (SSSR count). The van der Waals surface area contributed by atoms with E-state index in [4.69, 9.17) is 9.59 Å². The molecule has 38 heavy (non-hydrogen) atoms. The molecule has 0 fully saturated rings. The number of carbonyl (C=O) groups excluding carboxylic acids is 2. The van der Waals surface area contributed by atoms with E-state index < -0.39 is 5.54 Å². The standard InChI is InChI=1S/C32H28N.2CH2O.Ru.3H/c1-24(2)33-32(28-21-13-6-14-22-28)23-29(25-15-7-3-8-16-25)30(26-17-9-4-10-18-26)31(32)27-19-11-5-12-20-27;2*1-2;;;;/h3-22,24,33H,1-2H3;2*1H2;;;;/q-1;;;+4;3*-1. The fraction of sp³-hybridized carbons (Fsp3) is 0.118. The van der Waals surface area contributed by atoms with Crippen LogP contribution in [-0.4, -0.2) is 19.6 Å². The first-order valence-corrected chi connectivity index (χ1v) is 12.2. The van der Waals surface area contributed by atoms with Crippen LogP contribution in [0.2, 0.25) is 0 Å². The van der Waals surface area contributed by atoms with E-state index in [0.29, 0.717) is 0 Å². The van der Waals surface area contributed by atoms with E-state index >= 15 is 0 Å². The summed E-state index contributed by atoms with van der Waals surface area (Å²) >= 11 is 0. The van der Waals surface area contributed by atoms with Crippen molar-refractivity contribution < 1.29 is 33.3 Å². The third-order valence-corrected chi connectivity index (χ3v) is 6.09. The minimum Gasteiger partial charge on any atom is -1.00 e. The van der Waals surface area contributed by atoms with Crippen LogP contribution in [0, 0.1) is 6.08 Å². The molecule has 4 heteroatoms. The van der Waals surface area contributed by atoms with Crippen molar-refractivity contribution in [3.63, 3.8) is 0 Å². The van der Waals surface area contributed by atoms with Gasteiger partial charge in [-0.1, -0.05) is 134 Å². The Hall–Kier alpha value is -3.72. The van der Waals surface area contributed by atoms with Crippen molar-refractivity contribution in [3.8, 4) is 0 Å². The van der Waals surface area contributed by atoms with Crippen LogP contribution in [0.25, 0.3) is 16.7 Å². The van der Waals surface area contributed by atoms with Crippen LogP contribution in [0.15, 0.2) is 121 Å². The number of nitrogens with one attached hydrogen (secondary N) is 1. The second-order valence-corrected chi connectivity index (χ2v) is 8.76. The first-order chi connectivity index (χ1) is 18.2. The smallest absolute Gasteiger partial charge is 1.00 e. The molecule has 0 saturated carbocycles. The van der Waals surface area contributed by atoms with Gasteiger partial charge < -0.3 is 19.2 Å². The van der Waals surface area contributed by atoms with Crippen molar-refractivity contribution in [2.45, 2.75) is 25.4 Å². The molecule has 1 unspecified atom stereocenters. The topological polar surface area (TPSA) is 46.2 Å². The maximum atomic E-state index is 8.00. The van der Waals surface area contributed by atoms with Gasteiger partial charge in [-0.15, -0.1) is 23.3 Å². The fourth-order valence-corrected chi connectivity index (χ4v) is 4.83. The van der Waals surface area contributed by atoms with Gasteiger partial charge in [0.25, 0.3) is 0 Å². The fourth-order valence-electron chi connectivity index (χ4n) is 4.83. The van der Waals surface area contributed by atoms with Crippen molar-refractivity contribution in [1.29, 1.82) is 0 Å². The summed E-state index contributed by atoms with van der Waals surface area (Å²) in [5.41, 5.74) is 7.80. The summed E-state index contributed by atoms with van der Waals surface area (Å²) in [4.78, 5) is 16.0. The van der Waals surface area contributed by atoms with Gasteiger partial charge in [0.15, 0.2) is 0 Å². The summed E-state index contributed by atoms with van der Waals surface area (Å²) in [6.45, 7) is 8.41. The largest absolute Gasteiger partial charge is 4.00 e. The van der Waals surface area contributed by atoms with Gasteiger partial charge in [-0.05, 0) is 11.1 Å². The summed E-state index contributed by atoms with van der Waals surface area (Å²) in [5, 5.41) is 3.93. The third-order valence-electron chi connectivity index (χ3n) is 6.09. The molecule has 0 spiro atoms. The zero-order chi connectivity index (χ0) is 26.7. The molecule has 0 saturated heterocycles. The second-order valence-electron chi connectivity index (χ2n) is 8.76. The summed E-state index contributed by atoms with van der Waals surface area (Å²) in [6.07, 6.45) is 4.00. The Morgan fingerprint density at radius 2 is 1.03 bits per heavy atom. The Morgan fingerprint density at radius 3 is 1.47 bits per heavy atom. The minimum absolute atomic E-state index is 0.